The largest absolute Gasteiger partial charge is 0.356 e. The Balaban J connectivity index is 1.54. The summed E-state index contributed by atoms with van der Waals surface area (Å²) in [6.07, 6.45) is 17.6. The van der Waals surface area contributed by atoms with Gasteiger partial charge >= 0.3 is 0 Å². The smallest absolute Gasteiger partial charge is 0.203 e. The molecule has 2 fully saturated rings. The van der Waals surface area contributed by atoms with Gasteiger partial charge in [0.25, 0.3) is 0 Å². The van der Waals surface area contributed by atoms with Crippen molar-refractivity contribution in [1.82, 2.24) is 9.55 Å². The molecule has 0 bridgehead atoms. The summed E-state index contributed by atoms with van der Waals surface area (Å²) >= 11 is 0. The minimum atomic E-state index is 0.678. The van der Waals surface area contributed by atoms with Gasteiger partial charge in [-0.2, -0.15) is 0 Å². The predicted octanol–water partition coefficient (Wildman–Crippen LogP) is 5.08. The molecule has 0 aromatic carbocycles. The summed E-state index contributed by atoms with van der Waals surface area (Å²) in [5, 5.41) is 3.63. The lowest BCUT2D eigenvalue weighted by atomic mass is 9.87. The number of rotatable bonds is 5. The van der Waals surface area contributed by atoms with E-state index in [0.29, 0.717) is 6.04 Å². The maximum atomic E-state index is 4.72. The van der Waals surface area contributed by atoms with Crippen molar-refractivity contribution in [3.8, 4) is 0 Å². The number of anilines is 1. The Morgan fingerprint density at radius 2 is 1.71 bits per heavy atom. The van der Waals surface area contributed by atoms with Crippen molar-refractivity contribution in [1.29, 1.82) is 0 Å². The first-order valence-electron chi connectivity index (χ1n) is 9.12. The van der Waals surface area contributed by atoms with Gasteiger partial charge in [0, 0.05) is 18.8 Å². The third-order valence-electron chi connectivity index (χ3n) is 5.38. The molecule has 0 saturated heterocycles. The number of aromatic nitrogens is 2. The second-order valence-electron chi connectivity index (χ2n) is 7.12. The van der Waals surface area contributed by atoms with Crippen molar-refractivity contribution in [2.24, 2.45) is 5.92 Å². The molecule has 0 unspecified atom stereocenters. The third-order valence-corrected chi connectivity index (χ3v) is 5.38. The van der Waals surface area contributed by atoms with E-state index in [4.69, 9.17) is 4.98 Å². The lowest BCUT2D eigenvalue weighted by Gasteiger charge is -2.25. The van der Waals surface area contributed by atoms with E-state index in [1.165, 1.54) is 70.6 Å². The predicted molar refractivity (Wildman–Crippen MR) is 88.8 cm³/mol. The van der Waals surface area contributed by atoms with Crippen molar-refractivity contribution in [3.05, 3.63) is 11.9 Å². The number of nitrogens with one attached hydrogen (secondary N) is 1. The first-order valence-corrected chi connectivity index (χ1v) is 9.12. The van der Waals surface area contributed by atoms with E-state index in [1.54, 1.807) is 0 Å². The van der Waals surface area contributed by atoms with E-state index in [0.717, 1.165) is 24.1 Å². The van der Waals surface area contributed by atoms with Crippen LogP contribution in [0.5, 0.6) is 0 Å². The third kappa shape index (κ3) is 4.02. The summed E-state index contributed by atoms with van der Waals surface area (Å²) in [6.45, 7) is 3.21. The van der Waals surface area contributed by atoms with Crippen LogP contribution in [-0.4, -0.2) is 16.1 Å². The molecule has 1 aromatic rings. The number of aryl methyl sites for hydroxylation is 1. The lowest BCUT2D eigenvalue weighted by Crippen LogP contribution is -2.18. The van der Waals surface area contributed by atoms with Crippen molar-refractivity contribution < 1.29 is 0 Å². The highest BCUT2D eigenvalue weighted by Crippen LogP contribution is 2.31. The van der Waals surface area contributed by atoms with Gasteiger partial charge in [0.15, 0.2) is 0 Å². The highest BCUT2D eigenvalue weighted by Gasteiger charge is 2.19. The van der Waals surface area contributed by atoms with Crippen molar-refractivity contribution in [2.45, 2.75) is 83.6 Å². The van der Waals surface area contributed by atoms with Gasteiger partial charge in [0.05, 0.1) is 5.69 Å². The van der Waals surface area contributed by atoms with Crippen LogP contribution in [0.15, 0.2) is 6.20 Å². The number of hydrogen-bond donors (Lipinski definition) is 1. The zero-order valence-electron chi connectivity index (χ0n) is 13.6. The normalized spacial score (nSPS) is 21.6. The summed E-state index contributed by atoms with van der Waals surface area (Å²) in [6, 6.07) is 0.678. The molecule has 3 rings (SSSR count). The zero-order valence-corrected chi connectivity index (χ0v) is 13.6. The quantitative estimate of drug-likeness (QED) is 0.819. The van der Waals surface area contributed by atoms with Gasteiger partial charge in [-0.25, -0.2) is 4.98 Å². The van der Waals surface area contributed by atoms with E-state index >= 15 is 0 Å². The fraction of sp³-hybridized carbons (Fsp3) is 0.833. The van der Waals surface area contributed by atoms with E-state index in [2.05, 4.69) is 23.0 Å². The lowest BCUT2D eigenvalue weighted by molar-refractivity contribution is 0.343. The molecular weight excluding hydrogens is 258 g/mol. The summed E-state index contributed by atoms with van der Waals surface area (Å²) in [7, 11) is 0. The standard InChI is InChI=1S/C18H31N3/c1-15-14-21(17-10-6-3-7-11-17)18(20-15)19-13-12-16-8-4-2-5-9-16/h14,16-17H,2-13H2,1H3,(H,19,20). The van der Waals surface area contributed by atoms with Crippen molar-refractivity contribution in [3.63, 3.8) is 0 Å². The molecule has 3 heteroatoms. The van der Waals surface area contributed by atoms with Gasteiger partial charge in [-0.05, 0) is 32.1 Å². The summed E-state index contributed by atoms with van der Waals surface area (Å²) in [5.74, 6) is 2.07. The Bertz CT molecular complexity index is 426. The maximum Gasteiger partial charge on any atom is 0.203 e. The molecule has 1 heterocycles. The van der Waals surface area contributed by atoms with Crippen LogP contribution < -0.4 is 5.32 Å². The molecule has 2 aliphatic rings. The van der Waals surface area contributed by atoms with E-state index < -0.39 is 0 Å². The van der Waals surface area contributed by atoms with Gasteiger partial charge in [-0.15, -0.1) is 0 Å². The average Bonchev–Trinajstić information content (AvgIpc) is 2.90. The first-order chi connectivity index (χ1) is 10.3. The Morgan fingerprint density at radius 1 is 1.05 bits per heavy atom. The van der Waals surface area contributed by atoms with Crippen LogP contribution in [0, 0.1) is 12.8 Å². The van der Waals surface area contributed by atoms with Crippen LogP contribution in [0.25, 0.3) is 0 Å². The maximum absolute atomic E-state index is 4.72. The molecular formula is C18H31N3. The Kier molecular flexibility index (Phi) is 5.21. The Morgan fingerprint density at radius 3 is 2.43 bits per heavy atom. The van der Waals surface area contributed by atoms with Crippen LogP contribution in [0.4, 0.5) is 5.95 Å². The van der Waals surface area contributed by atoms with Gasteiger partial charge in [0.1, 0.15) is 0 Å². The molecule has 2 saturated carbocycles. The molecule has 1 aromatic heterocycles. The SMILES string of the molecule is Cc1cn(C2CCCCC2)c(NCCC2CCCCC2)n1. The van der Waals surface area contributed by atoms with Crippen LogP contribution >= 0.6 is 0 Å². The molecule has 0 atom stereocenters. The van der Waals surface area contributed by atoms with Gasteiger partial charge in [-0.1, -0.05) is 51.4 Å². The Labute approximate surface area is 129 Å². The van der Waals surface area contributed by atoms with Crippen LogP contribution in [0.1, 0.15) is 82.4 Å². The molecule has 118 valence electrons. The molecule has 2 aliphatic carbocycles. The van der Waals surface area contributed by atoms with Gasteiger partial charge in [0.2, 0.25) is 5.95 Å². The highest BCUT2D eigenvalue weighted by atomic mass is 15.2. The Hall–Kier alpha value is -0.990. The molecule has 1 N–H and O–H groups in total. The molecule has 0 amide bonds. The topological polar surface area (TPSA) is 29.9 Å². The monoisotopic (exact) mass is 289 g/mol. The molecule has 0 aliphatic heterocycles. The molecule has 0 spiro atoms. The highest BCUT2D eigenvalue weighted by molar-refractivity contribution is 5.29. The fourth-order valence-corrected chi connectivity index (χ4v) is 4.15. The second-order valence-corrected chi connectivity index (χ2v) is 7.12. The van der Waals surface area contributed by atoms with Gasteiger partial charge in [-0.3, -0.25) is 0 Å². The summed E-state index contributed by atoms with van der Waals surface area (Å²) < 4.78 is 2.43. The number of hydrogen-bond acceptors (Lipinski definition) is 2. The molecule has 3 nitrogen and oxygen atoms in total. The molecule has 0 radical (unpaired) electrons. The first kappa shape index (κ1) is 14.9. The molecule has 21 heavy (non-hydrogen) atoms. The summed E-state index contributed by atoms with van der Waals surface area (Å²) in [5.41, 5.74) is 1.15. The minimum Gasteiger partial charge on any atom is -0.356 e. The van der Waals surface area contributed by atoms with Crippen molar-refractivity contribution in [2.75, 3.05) is 11.9 Å². The fourth-order valence-electron chi connectivity index (χ4n) is 4.15. The van der Waals surface area contributed by atoms with Crippen LogP contribution in [0.3, 0.4) is 0 Å². The van der Waals surface area contributed by atoms with Crippen molar-refractivity contribution >= 4 is 5.95 Å². The van der Waals surface area contributed by atoms with E-state index in [-0.39, 0.29) is 0 Å². The van der Waals surface area contributed by atoms with Crippen LogP contribution in [0.2, 0.25) is 0 Å². The van der Waals surface area contributed by atoms with E-state index in [9.17, 15) is 0 Å². The number of nitrogens with zero attached hydrogens (tertiary/aromatic N) is 2. The van der Waals surface area contributed by atoms with E-state index in [1.807, 2.05) is 0 Å². The number of imidazole rings is 1. The second kappa shape index (κ2) is 7.33. The minimum absolute atomic E-state index is 0.678. The zero-order chi connectivity index (χ0) is 14.5. The van der Waals surface area contributed by atoms with Crippen LogP contribution in [-0.2, 0) is 0 Å². The average molecular weight is 289 g/mol. The summed E-state index contributed by atoms with van der Waals surface area (Å²) in [4.78, 5) is 4.72. The van der Waals surface area contributed by atoms with Gasteiger partial charge < -0.3 is 9.88 Å².